The van der Waals surface area contributed by atoms with Gasteiger partial charge in [0.25, 0.3) is 0 Å². The lowest BCUT2D eigenvalue weighted by Gasteiger charge is -2.26. The van der Waals surface area contributed by atoms with Gasteiger partial charge in [-0.15, -0.1) is 12.4 Å². The number of carbonyl (C=O) groups is 1. The average molecular weight is 276 g/mol. The fourth-order valence-electron chi connectivity index (χ4n) is 2.19. The summed E-state index contributed by atoms with van der Waals surface area (Å²) in [5.74, 6) is -0.290. The maximum Gasteiger partial charge on any atom is 0.338 e. The quantitative estimate of drug-likeness (QED) is 0.801. The molecule has 1 atom stereocenters. The Balaban J connectivity index is 0.00000144. The van der Waals surface area contributed by atoms with Crippen LogP contribution in [0.15, 0.2) is 12.1 Å². The van der Waals surface area contributed by atoms with Gasteiger partial charge in [-0.05, 0) is 43.1 Å². The van der Waals surface area contributed by atoms with Crippen LogP contribution in [0.5, 0.6) is 0 Å². The van der Waals surface area contributed by atoms with Crippen molar-refractivity contribution < 1.29 is 9.53 Å². The number of methoxy groups -OCH3 is 1. The van der Waals surface area contributed by atoms with Crippen LogP contribution >= 0.6 is 24.0 Å². The molecule has 1 aromatic carbocycles. The lowest BCUT2D eigenvalue weighted by atomic mass is 9.91. The predicted molar refractivity (Wildman–Crippen MR) is 70.2 cm³/mol. The molecule has 0 radical (unpaired) electrons. The Labute approximate surface area is 112 Å². The predicted octanol–water partition coefficient (Wildman–Crippen LogP) is 2.76. The standard InChI is InChI=1S/C12H14ClNO2.ClH/c1-7-11-8(5-6-14-7)9(12(15)16-2)3-4-10(11)13;/h3-4,7,14H,5-6H2,1-2H3;1H. The van der Waals surface area contributed by atoms with Gasteiger partial charge < -0.3 is 10.1 Å². The summed E-state index contributed by atoms with van der Waals surface area (Å²) in [5.41, 5.74) is 2.68. The molecule has 1 heterocycles. The summed E-state index contributed by atoms with van der Waals surface area (Å²) in [6, 6.07) is 3.68. The van der Waals surface area contributed by atoms with Crippen molar-refractivity contribution in [3.8, 4) is 0 Å². The molecule has 1 N–H and O–H groups in total. The van der Waals surface area contributed by atoms with Crippen molar-refractivity contribution in [2.45, 2.75) is 19.4 Å². The molecule has 0 amide bonds. The monoisotopic (exact) mass is 275 g/mol. The molecule has 0 saturated carbocycles. The van der Waals surface area contributed by atoms with Crippen LogP contribution in [0.3, 0.4) is 0 Å². The third kappa shape index (κ3) is 2.57. The highest BCUT2D eigenvalue weighted by Gasteiger charge is 2.24. The van der Waals surface area contributed by atoms with Crippen LogP contribution < -0.4 is 5.32 Å². The second kappa shape index (κ2) is 5.71. The lowest BCUT2D eigenvalue weighted by Crippen LogP contribution is -2.29. The fraction of sp³-hybridized carbons (Fsp3) is 0.417. The van der Waals surface area contributed by atoms with Gasteiger partial charge in [-0.1, -0.05) is 11.6 Å². The molecule has 1 aliphatic rings. The maximum absolute atomic E-state index is 11.6. The minimum atomic E-state index is -0.290. The summed E-state index contributed by atoms with van der Waals surface area (Å²) in [5, 5.41) is 4.04. The zero-order chi connectivity index (χ0) is 11.7. The van der Waals surface area contributed by atoms with Gasteiger partial charge in [-0.3, -0.25) is 0 Å². The first-order valence-corrected chi connectivity index (χ1v) is 5.66. The largest absolute Gasteiger partial charge is 0.465 e. The molecular formula is C12H15Cl2NO2. The van der Waals surface area contributed by atoms with Crippen LogP contribution in [0.4, 0.5) is 0 Å². The van der Waals surface area contributed by atoms with E-state index in [1.54, 1.807) is 12.1 Å². The van der Waals surface area contributed by atoms with E-state index in [0.717, 1.165) is 24.1 Å². The second-order valence-electron chi connectivity index (χ2n) is 3.90. The Morgan fingerprint density at radius 3 is 2.88 bits per heavy atom. The highest BCUT2D eigenvalue weighted by Crippen LogP contribution is 2.32. The topological polar surface area (TPSA) is 38.3 Å². The van der Waals surface area contributed by atoms with E-state index in [0.29, 0.717) is 10.6 Å². The molecule has 1 aromatic rings. The summed E-state index contributed by atoms with van der Waals surface area (Å²) in [4.78, 5) is 11.6. The number of hydrogen-bond donors (Lipinski definition) is 1. The van der Waals surface area contributed by atoms with E-state index in [1.807, 2.05) is 6.92 Å². The summed E-state index contributed by atoms with van der Waals surface area (Å²) in [7, 11) is 1.40. The normalized spacial score (nSPS) is 17.9. The van der Waals surface area contributed by atoms with Gasteiger partial charge in [0.05, 0.1) is 12.7 Å². The Bertz CT molecular complexity index is 435. The first-order chi connectivity index (χ1) is 7.65. The van der Waals surface area contributed by atoms with Crippen molar-refractivity contribution in [1.82, 2.24) is 5.32 Å². The molecule has 1 aliphatic heterocycles. The summed E-state index contributed by atoms with van der Waals surface area (Å²) in [6.07, 6.45) is 0.810. The van der Waals surface area contributed by atoms with Crippen LogP contribution in [0.25, 0.3) is 0 Å². The maximum atomic E-state index is 11.6. The van der Waals surface area contributed by atoms with Gasteiger partial charge in [0.1, 0.15) is 0 Å². The van der Waals surface area contributed by atoms with Crippen LogP contribution in [-0.4, -0.2) is 19.6 Å². The van der Waals surface area contributed by atoms with Crippen LogP contribution in [0.1, 0.15) is 34.5 Å². The highest BCUT2D eigenvalue weighted by atomic mass is 35.5. The van der Waals surface area contributed by atoms with Gasteiger partial charge >= 0.3 is 5.97 Å². The molecule has 5 heteroatoms. The van der Waals surface area contributed by atoms with Crippen molar-refractivity contribution in [1.29, 1.82) is 0 Å². The molecule has 0 fully saturated rings. The molecule has 0 bridgehead atoms. The Morgan fingerprint density at radius 1 is 1.53 bits per heavy atom. The Morgan fingerprint density at radius 2 is 2.24 bits per heavy atom. The van der Waals surface area contributed by atoms with E-state index in [4.69, 9.17) is 16.3 Å². The number of hydrogen-bond acceptors (Lipinski definition) is 3. The van der Waals surface area contributed by atoms with Gasteiger partial charge in [0.2, 0.25) is 0 Å². The zero-order valence-corrected chi connectivity index (χ0v) is 11.3. The molecule has 94 valence electrons. The van der Waals surface area contributed by atoms with Crippen LogP contribution in [0.2, 0.25) is 5.02 Å². The number of benzene rings is 1. The minimum absolute atomic E-state index is 0. The number of rotatable bonds is 1. The number of esters is 1. The SMILES string of the molecule is COC(=O)c1ccc(Cl)c2c1CCNC2C.Cl. The smallest absolute Gasteiger partial charge is 0.338 e. The third-order valence-corrected chi connectivity index (χ3v) is 3.30. The molecule has 0 spiro atoms. The summed E-state index contributed by atoms with van der Waals surface area (Å²) in [6.45, 7) is 2.91. The first-order valence-electron chi connectivity index (χ1n) is 5.28. The minimum Gasteiger partial charge on any atom is -0.465 e. The van der Waals surface area contributed by atoms with E-state index in [-0.39, 0.29) is 24.4 Å². The fourth-order valence-corrected chi connectivity index (χ4v) is 2.53. The van der Waals surface area contributed by atoms with E-state index >= 15 is 0 Å². The van der Waals surface area contributed by atoms with Gasteiger partial charge in [-0.25, -0.2) is 4.79 Å². The molecular weight excluding hydrogens is 261 g/mol. The molecule has 0 aromatic heterocycles. The molecule has 17 heavy (non-hydrogen) atoms. The number of nitrogens with one attached hydrogen (secondary N) is 1. The van der Waals surface area contributed by atoms with E-state index in [9.17, 15) is 4.79 Å². The number of carbonyl (C=O) groups excluding carboxylic acids is 1. The second-order valence-corrected chi connectivity index (χ2v) is 4.31. The molecule has 0 saturated heterocycles. The van der Waals surface area contributed by atoms with Gasteiger partial charge in [0.15, 0.2) is 0 Å². The molecule has 1 unspecified atom stereocenters. The number of halogens is 2. The molecule has 3 nitrogen and oxygen atoms in total. The van der Waals surface area contributed by atoms with Crippen LogP contribution in [0, 0.1) is 0 Å². The lowest BCUT2D eigenvalue weighted by molar-refractivity contribution is 0.0599. The van der Waals surface area contributed by atoms with Crippen LogP contribution in [-0.2, 0) is 11.2 Å². The number of ether oxygens (including phenoxy) is 1. The van der Waals surface area contributed by atoms with Crippen molar-refractivity contribution in [2.75, 3.05) is 13.7 Å². The summed E-state index contributed by atoms with van der Waals surface area (Å²) >= 11 is 6.16. The van der Waals surface area contributed by atoms with E-state index in [1.165, 1.54) is 7.11 Å². The van der Waals surface area contributed by atoms with Gasteiger partial charge in [-0.2, -0.15) is 0 Å². The van der Waals surface area contributed by atoms with Crippen molar-refractivity contribution in [2.24, 2.45) is 0 Å². The summed E-state index contributed by atoms with van der Waals surface area (Å²) < 4.78 is 4.78. The first kappa shape index (κ1) is 14.3. The Kier molecular flexibility index (Phi) is 4.80. The molecule has 2 rings (SSSR count). The van der Waals surface area contributed by atoms with E-state index < -0.39 is 0 Å². The van der Waals surface area contributed by atoms with Crippen molar-refractivity contribution >= 4 is 30.0 Å². The molecule has 0 aliphatic carbocycles. The Hall–Kier alpha value is -0.770. The van der Waals surface area contributed by atoms with E-state index in [2.05, 4.69) is 5.32 Å². The van der Waals surface area contributed by atoms with Crippen molar-refractivity contribution in [3.63, 3.8) is 0 Å². The number of fused-ring (bicyclic) bond motifs is 1. The van der Waals surface area contributed by atoms with Gasteiger partial charge in [0, 0.05) is 11.1 Å². The highest BCUT2D eigenvalue weighted by molar-refractivity contribution is 6.31. The average Bonchev–Trinajstić information content (AvgIpc) is 2.28. The third-order valence-electron chi connectivity index (χ3n) is 2.97. The van der Waals surface area contributed by atoms with Crippen molar-refractivity contribution in [3.05, 3.63) is 33.8 Å². The zero-order valence-electron chi connectivity index (χ0n) is 9.75.